The molecule has 1 aliphatic rings. The average molecular weight is 561 g/mol. The zero-order valence-corrected chi connectivity index (χ0v) is 22.8. The van der Waals surface area contributed by atoms with E-state index < -0.39 is 17.6 Å². The molecule has 0 bridgehead atoms. The Kier molecular flexibility index (Phi) is 8.21. The van der Waals surface area contributed by atoms with Crippen molar-refractivity contribution in [3.05, 3.63) is 102 Å². The van der Waals surface area contributed by atoms with Gasteiger partial charge in [0.05, 0.1) is 29.7 Å². The molecular weight excluding hydrogens is 529 g/mol. The number of likely N-dealkylation sites (N-methyl/N-ethyl adjacent to an activating group) is 1. The quantitative estimate of drug-likeness (QED) is 0.275. The minimum Gasteiger partial charge on any atom is -0.369 e. The van der Waals surface area contributed by atoms with E-state index in [0.717, 1.165) is 55.1 Å². The monoisotopic (exact) mass is 560 g/mol. The van der Waals surface area contributed by atoms with E-state index in [2.05, 4.69) is 56.7 Å². The number of aromatic nitrogens is 2. The molecular formula is C31H31F3N6O. The molecule has 0 radical (unpaired) electrons. The van der Waals surface area contributed by atoms with Crippen molar-refractivity contribution in [1.82, 2.24) is 14.9 Å². The van der Waals surface area contributed by atoms with Crippen LogP contribution in [0.15, 0.2) is 85.2 Å². The third kappa shape index (κ3) is 7.01. The number of amides is 1. The number of alkyl halides is 3. The van der Waals surface area contributed by atoms with Gasteiger partial charge in [-0.1, -0.05) is 30.3 Å². The molecule has 1 saturated heterocycles. The predicted molar refractivity (Wildman–Crippen MR) is 155 cm³/mol. The number of carbonyl (C=O) groups is 1. The van der Waals surface area contributed by atoms with E-state index in [-0.39, 0.29) is 11.6 Å². The molecule has 0 aliphatic carbocycles. The number of nitrogens with zero attached hydrogens (tertiary/aromatic N) is 4. The standard InChI is InChI=1S/C31H31F3N6O/c1-21(23-5-4-8-26(18-23)37-30(41)24-6-3-7-25(17-24)31(32,33)34)36-29-20-35-19-28(38-29)22-9-11-27(12-10-22)40-15-13-39(2)14-16-40/h3-12,17-21H,13-16H2,1-2H3,(H,36,38)(H,37,41)/t21-/m0/s1. The minimum absolute atomic E-state index is 0.0694. The van der Waals surface area contributed by atoms with Gasteiger partial charge in [0.25, 0.3) is 5.91 Å². The summed E-state index contributed by atoms with van der Waals surface area (Å²) in [7, 11) is 2.14. The van der Waals surface area contributed by atoms with Gasteiger partial charge in [-0.05, 0) is 62.0 Å². The summed E-state index contributed by atoms with van der Waals surface area (Å²) in [6.07, 6.45) is -1.14. The van der Waals surface area contributed by atoms with Crippen LogP contribution in [0, 0.1) is 0 Å². The summed E-state index contributed by atoms with van der Waals surface area (Å²) in [5.74, 6) is -0.0254. The summed E-state index contributed by atoms with van der Waals surface area (Å²) in [5.41, 5.74) is 3.29. The summed E-state index contributed by atoms with van der Waals surface area (Å²) >= 11 is 0. The minimum atomic E-state index is -4.52. The zero-order valence-electron chi connectivity index (χ0n) is 22.8. The van der Waals surface area contributed by atoms with Crippen molar-refractivity contribution in [2.75, 3.05) is 48.8 Å². The first-order valence-corrected chi connectivity index (χ1v) is 13.4. The van der Waals surface area contributed by atoms with Crippen molar-refractivity contribution in [2.24, 2.45) is 0 Å². The van der Waals surface area contributed by atoms with Crippen molar-refractivity contribution in [1.29, 1.82) is 0 Å². The van der Waals surface area contributed by atoms with Gasteiger partial charge in [0.2, 0.25) is 0 Å². The molecule has 1 amide bonds. The average Bonchev–Trinajstić information content (AvgIpc) is 2.97. The van der Waals surface area contributed by atoms with Crippen LogP contribution in [0.5, 0.6) is 0 Å². The van der Waals surface area contributed by atoms with Crippen molar-refractivity contribution in [3.8, 4) is 11.3 Å². The van der Waals surface area contributed by atoms with Crippen LogP contribution in [0.4, 0.5) is 30.4 Å². The highest BCUT2D eigenvalue weighted by Crippen LogP contribution is 2.30. The lowest BCUT2D eigenvalue weighted by Crippen LogP contribution is -2.44. The van der Waals surface area contributed by atoms with E-state index in [9.17, 15) is 18.0 Å². The number of piperazine rings is 1. The molecule has 0 saturated carbocycles. The Labute approximate surface area is 237 Å². The Bertz CT molecular complexity index is 1500. The first-order valence-electron chi connectivity index (χ1n) is 13.4. The van der Waals surface area contributed by atoms with Gasteiger partial charge in [-0.25, -0.2) is 4.98 Å². The fraction of sp³-hybridized carbons (Fsp3) is 0.258. The van der Waals surface area contributed by atoms with Crippen LogP contribution in [0.25, 0.3) is 11.3 Å². The number of anilines is 3. The van der Waals surface area contributed by atoms with E-state index in [1.54, 1.807) is 30.6 Å². The van der Waals surface area contributed by atoms with Gasteiger partial charge < -0.3 is 20.4 Å². The molecule has 7 nitrogen and oxygen atoms in total. The molecule has 1 aliphatic heterocycles. The number of halogens is 3. The van der Waals surface area contributed by atoms with Gasteiger partial charge >= 0.3 is 6.18 Å². The van der Waals surface area contributed by atoms with E-state index in [1.807, 2.05) is 13.0 Å². The predicted octanol–water partition coefficient (Wildman–Crippen LogP) is 6.34. The SMILES string of the molecule is C[C@H](Nc1cncc(-c2ccc(N3CCN(C)CC3)cc2)n1)c1cccc(NC(=O)c2cccc(C(F)(F)F)c2)c1. The van der Waals surface area contributed by atoms with Crippen molar-refractivity contribution >= 4 is 23.1 Å². The van der Waals surface area contributed by atoms with Gasteiger partial charge in [-0.2, -0.15) is 13.2 Å². The first-order chi connectivity index (χ1) is 19.7. The molecule has 10 heteroatoms. The fourth-order valence-corrected chi connectivity index (χ4v) is 4.71. The highest BCUT2D eigenvalue weighted by Gasteiger charge is 2.31. The molecule has 41 heavy (non-hydrogen) atoms. The largest absolute Gasteiger partial charge is 0.416 e. The normalized spacial score (nSPS) is 14.9. The molecule has 4 aromatic rings. The van der Waals surface area contributed by atoms with E-state index >= 15 is 0 Å². The lowest BCUT2D eigenvalue weighted by Gasteiger charge is -2.34. The third-order valence-corrected chi connectivity index (χ3v) is 7.13. The molecule has 3 aromatic carbocycles. The number of rotatable bonds is 7. The molecule has 2 heterocycles. The summed E-state index contributed by atoms with van der Waals surface area (Å²) in [6.45, 7) is 6.05. The highest BCUT2D eigenvalue weighted by molar-refractivity contribution is 6.04. The second-order valence-electron chi connectivity index (χ2n) is 10.2. The van der Waals surface area contributed by atoms with Gasteiger partial charge in [-0.3, -0.25) is 9.78 Å². The summed E-state index contributed by atoms with van der Waals surface area (Å²) < 4.78 is 39.1. The maximum Gasteiger partial charge on any atom is 0.416 e. The van der Waals surface area contributed by atoms with Gasteiger partial charge in [0, 0.05) is 48.7 Å². The third-order valence-electron chi connectivity index (χ3n) is 7.13. The Morgan fingerprint density at radius 1 is 0.927 bits per heavy atom. The van der Waals surface area contributed by atoms with Crippen LogP contribution >= 0.6 is 0 Å². The van der Waals surface area contributed by atoms with Crippen molar-refractivity contribution < 1.29 is 18.0 Å². The van der Waals surface area contributed by atoms with Gasteiger partial charge in [0.15, 0.2) is 0 Å². The van der Waals surface area contributed by atoms with Gasteiger partial charge in [0.1, 0.15) is 5.82 Å². The zero-order chi connectivity index (χ0) is 29.0. The second kappa shape index (κ2) is 12.0. The maximum absolute atomic E-state index is 13.0. The Hall–Kier alpha value is -4.44. The number of hydrogen-bond donors (Lipinski definition) is 2. The fourth-order valence-electron chi connectivity index (χ4n) is 4.71. The maximum atomic E-state index is 13.0. The van der Waals surface area contributed by atoms with Crippen LogP contribution in [0.3, 0.4) is 0 Å². The van der Waals surface area contributed by atoms with E-state index in [4.69, 9.17) is 4.98 Å². The van der Waals surface area contributed by atoms with Crippen LogP contribution < -0.4 is 15.5 Å². The van der Waals surface area contributed by atoms with Crippen LogP contribution in [0.2, 0.25) is 0 Å². The smallest absolute Gasteiger partial charge is 0.369 e. The lowest BCUT2D eigenvalue weighted by atomic mass is 10.1. The first kappa shape index (κ1) is 28.1. The van der Waals surface area contributed by atoms with Gasteiger partial charge in [-0.15, -0.1) is 0 Å². The second-order valence-corrected chi connectivity index (χ2v) is 10.2. The topological polar surface area (TPSA) is 73.4 Å². The Morgan fingerprint density at radius 3 is 2.39 bits per heavy atom. The highest BCUT2D eigenvalue weighted by atomic mass is 19.4. The molecule has 2 N–H and O–H groups in total. The van der Waals surface area contributed by atoms with Crippen LogP contribution in [-0.2, 0) is 6.18 Å². The summed E-state index contributed by atoms with van der Waals surface area (Å²) in [5, 5.41) is 6.04. The number of hydrogen-bond acceptors (Lipinski definition) is 6. The summed E-state index contributed by atoms with van der Waals surface area (Å²) in [4.78, 5) is 26.5. The van der Waals surface area contributed by atoms with Crippen LogP contribution in [-0.4, -0.2) is 54.0 Å². The molecule has 1 aromatic heterocycles. The molecule has 0 unspecified atom stereocenters. The number of carbonyl (C=O) groups excluding carboxylic acids is 1. The molecule has 1 atom stereocenters. The molecule has 0 spiro atoms. The van der Waals surface area contributed by atoms with Crippen molar-refractivity contribution in [2.45, 2.75) is 19.1 Å². The Morgan fingerprint density at radius 2 is 1.66 bits per heavy atom. The van der Waals surface area contributed by atoms with Crippen LogP contribution in [0.1, 0.15) is 34.5 Å². The number of benzene rings is 3. The molecule has 1 fully saturated rings. The Balaban J connectivity index is 1.24. The van der Waals surface area contributed by atoms with E-state index in [0.29, 0.717) is 11.5 Å². The number of nitrogens with one attached hydrogen (secondary N) is 2. The summed E-state index contributed by atoms with van der Waals surface area (Å²) in [6, 6.07) is 19.6. The van der Waals surface area contributed by atoms with Crippen molar-refractivity contribution in [3.63, 3.8) is 0 Å². The van der Waals surface area contributed by atoms with E-state index in [1.165, 1.54) is 17.8 Å². The lowest BCUT2D eigenvalue weighted by molar-refractivity contribution is -0.137. The molecule has 5 rings (SSSR count). The molecule has 212 valence electrons.